The van der Waals surface area contributed by atoms with Crippen LogP contribution >= 0.6 is 0 Å². The molecule has 0 aliphatic heterocycles. The first kappa shape index (κ1) is 16.5. The lowest BCUT2D eigenvalue weighted by molar-refractivity contribution is 0.413. The van der Waals surface area contributed by atoms with Crippen molar-refractivity contribution in [2.24, 2.45) is 0 Å². The zero-order chi connectivity index (χ0) is 16.3. The number of benzene rings is 1. The molecule has 1 N–H and O–H groups in total. The van der Waals surface area contributed by atoms with Crippen LogP contribution in [-0.2, 0) is 10.0 Å². The van der Waals surface area contributed by atoms with E-state index < -0.39 is 10.0 Å². The number of methoxy groups -OCH3 is 1. The molecule has 1 heterocycles. The Bertz CT molecular complexity index is 735. The van der Waals surface area contributed by atoms with Gasteiger partial charge in [0.05, 0.1) is 12.0 Å². The molecule has 2 rings (SSSR count). The molecule has 0 bridgehead atoms. The smallest absolute Gasteiger partial charge is 0.241 e. The van der Waals surface area contributed by atoms with Crippen LogP contribution in [0.5, 0.6) is 5.75 Å². The lowest BCUT2D eigenvalue weighted by atomic mass is 10.1. The number of nitrogens with one attached hydrogen (secondary N) is 1. The van der Waals surface area contributed by atoms with Crippen molar-refractivity contribution in [1.82, 2.24) is 9.71 Å². The maximum Gasteiger partial charge on any atom is 0.241 e. The molecule has 2 aromatic rings. The second-order valence-electron chi connectivity index (χ2n) is 5.22. The number of pyridine rings is 1. The highest BCUT2D eigenvalue weighted by atomic mass is 32.2. The second kappa shape index (κ2) is 6.46. The summed E-state index contributed by atoms with van der Waals surface area (Å²) in [5, 5.41) is 0. The van der Waals surface area contributed by atoms with Crippen molar-refractivity contribution in [2.45, 2.75) is 31.7 Å². The van der Waals surface area contributed by atoms with Crippen LogP contribution < -0.4 is 9.46 Å². The highest BCUT2D eigenvalue weighted by Gasteiger charge is 2.23. The van der Waals surface area contributed by atoms with E-state index in [1.807, 2.05) is 6.07 Å². The lowest BCUT2D eigenvalue weighted by Gasteiger charge is -2.17. The standard InChI is InChI=1S/C16H20N2O3S/c1-11-8-15(21-4)9-12(2)16(11)22(19,20)18-13(3)14-6-5-7-17-10-14/h5-10,13,18H,1-4H3/t13-/m1/s1. The number of ether oxygens (including phenoxy) is 1. The SMILES string of the molecule is COc1cc(C)c(S(=O)(=O)N[C@H](C)c2cccnc2)c(C)c1. The molecule has 0 radical (unpaired) electrons. The summed E-state index contributed by atoms with van der Waals surface area (Å²) >= 11 is 0. The van der Waals surface area contributed by atoms with Gasteiger partial charge in [-0.25, -0.2) is 13.1 Å². The van der Waals surface area contributed by atoms with Gasteiger partial charge in [0.25, 0.3) is 0 Å². The second-order valence-corrected chi connectivity index (χ2v) is 6.87. The van der Waals surface area contributed by atoms with E-state index in [0.29, 0.717) is 21.8 Å². The molecular formula is C16H20N2O3S. The van der Waals surface area contributed by atoms with Gasteiger partial charge in [-0.3, -0.25) is 4.98 Å². The van der Waals surface area contributed by atoms with E-state index in [0.717, 1.165) is 5.56 Å². The zero-order valence-corrected chi connectivity index (χ0v) is 13.9. The molecule has 1 aromatic heterocycles. The Balaban J connectivity index is 2.35. The van der Waals surface area contributed by atoms with Gasteiger partial charge in [0.2, 0.25) is 10.0 Å². The highest BCUT2D eigenvalue weighted by molar-refractivity contribution is 7.89. The minimum Gasteiger partial charge on any atom is -0.497 e. The number of aromatic nitrogens is 1. The Morgan fingerprint density at radius 1 is 1.23 bits per heavy atom. The molecule has 1 aromatic carbocycles. The Hall–Kier alpha value is -1.92. The van der Waals surface area contributed by atoms with Crippen molar-refractivity contribution in [1.29, 1.82) is 0 Å². The van der Waals surface area contributed by atoms with Crippen LogP contribution in [0.2, 0.25) is 0 Å². The van der Waals surface area contributed by atoms with E-state index in [9.17, 15) is 8.42 Å². The van der Waals surface area contributed by atoms with Crippen molar-refractivity contribution in [3.05, 3.63) is 53.3 Å². The molecule has 0 saturated heterocycles. The molecule has 0 aliphatic rings. The fraction of sp³-hybridized carbons (Fsp3) is 0.312. The average molecular weight is 320 g/mol. The highest BCUT2D eigenvalue weighted by Crippen LogP contribution is 2.26. The van der Waals surface area contributed by atoms with Crippen molar-refractivity contribution in [3.8, 4) is 5.75 Å². The van der Waals surface area contributed by atoms with E-state index in [2.05, 4.69) is 9.71 Å². The summed E-state index contributed by atoms with van der Waals surface area (Å²) in [6.07, 6.45) is 3.31. The minimum atomic E-state index is -3.63. The largest absolute Gasteiger partial charge is 0.497 e. The van der Waals surface area contributed by atoms with Crippen molar-refractivity contribution < 1.29 is 13.2 Å². The van der Waals surface area contributed by atoms with Crippen LogP contribution in [0.15, 0.2) is 41.6 Å². The van der Waals surface area contributed by atoms with Crippen LogP contribution in [-0.4, -0.2) is 20.5 Å². The van der Waals surface area contributed by atoms with Crippen LogP contribution in [0.1, 0.15) is 29.7 Å². The molecule has 0 unspecified atom stereocenters. The van der Waals surface area contributed by atoms with Crippen LogP contribution in [0.25, 0.3) is 0 Å². The van der Waals surface area contributed by atoms with Gasteiger partial charge in [-0.1, -0.05) is 6.07 Å². The minimum absolute atomic E-state index is 0.295. The normalized spacial score (nSPS) is 12.9. The Kier molecular flexibility index (Phi) is 4.83. The predicted octanol–water partition coefficient (Wildman–Crippen LogP) is 2.75. The number of rotatable bonds is 5. The molecule has 0 spiro atoms. The lowest BCUT2D eigenvalue weighted by Crippen LogP contribution is -2.28. The molecule has 0 fully saturated rings. The zero-order valence-electron chi connectivity index (χ0n) is 13.1. The van der Waals surface area contributed by atoms with Crippen LogP contribution in [0.3, 0.4) is 0 Å². The molecule has 118 valence electrons. The number of hydrogen-bond acceptors (Lipinski definition) is 4. The van der Waals surface area contributed by atoms with E-state index in [1.165, 1.54) is 0 Å². The van der Waals surface area contributed by atoms with Gasteiger partial charge in [0, 0.05) is 18.4 Å². The van der Waals surface area contributed by atoms with Crippen LogP contribution in [0.4, 0.5) is 0 Å². The first-order valence-corrected chi connectivity index (χ1v) is 8.41. The van der Waals surface area contributed by atoms with Crippen molar-refractivity contribution in [2.75, 3.05) is 7.11 Å². The maximum absolute atomic E-state index is 12.7. The molecule has 6 heteroatoms. The summed E-state index contributed by atoms with van der Waals surface area (Å²) in [7, 11) is -2.07. The quantitative estimate of drug-likeness (QED) is 0.920. The Morgan fingerprint density at radius 3 is 2.36 bits per heavy atom. The summed E-state index contributed by atoms with van der Waals surface area (Å²) in [6, 6.07) is 6.70. The number of nitrogens with zero attached hydrogens (tertiary/aromatic N) is 1. The van der Waals surface area contributed by atoms with Gasteiger partial charge < -0.3 is 4.74 Å². The fourth-order valence-electron chi connectivity index (χ4n) is 2.44. The Labute approximate surface area is 131 Å². The molecule has 1 atom stereocenters. The molecule has 5 nitrogen and oxygen atoms in total. The first-order chi connectivity index (χ1) is 10.3. The van der Waals surface area contributed by atoms with E-state index in [1.54, 1.807) is 58.5 Å². The topological polar surface area (TPSA) is 68.3 Å². The van der Waals surface area contributed by atoms with Gasteiger partial charge in [-0.05, 0) is 55.7 Å². The third-order valence-corrected chi connectivity index (χ3v) is 5.30. The third-order valence-electron chi connectivity index (χ3n) is 3.45. The molecule has 0 saturated carbocycles. The summed E-state index contributed by atoms with van der Waals surface area (Å²) in [5.41, 5.74) is 2.13. The van der Waals surface area contributed by atoms with E-state index in [4.69, 9.17) is 4.74 Å². The number of hydrogen-bond donors (Lipinski definition) is 1. The van der Waals surface area contributed by atoms with Gasteiger partial charge in [-0.2, -0.15) is 0 Å². The summed E-state index contributed by atoms with van der Waals surface area (Å²) in [5.74, 6) is 0.647. The molecule has 0 aliphatic carbocycles. The predicted molar refractivity (Wildman–Crippen MR) is 85.4 cm³/mol. The maximum atomic E-state index is 12.7. The van der Waals surface area contributed by atoms with Crippen molar-refractivity contribution >= 4 is 10.0 Å². The van der Waals surface area contributed by atoms with Gasteiger partial charge in [0.1, 0.15) is 5.75 Å². The molecular weight excluding hydrogens is 300 g/mol. The van der Waals surface area contributed by atoms with E-state index >= 15 is 0 Å². The first-order valence-electron chi connectivity index (χ1n) is 6.92. The fourth-order valence-corrected chi connectivity index (χ4v) is 4.13. The molecule has 0 amide bonds. The molecule has 22 heavy (non-hydrogen) atoms. The van der Waals surface area contributed by atoms with Crippen molar-refractivity contribution in [3.63, 3.8) is 0 Å². The van der Waals surface area contributed by atoms with Crippen LogP contribution in [0, 0.1) is 13.8 Å². The monoisotopic (exact) mass is 320 g/mol. The average Bonchev–Trinajstić information content (AvgIpc) is 2.46. The van der Waals surface area contributed by atoms with Gasteiger partial charge >= 0.3 is 0 Å². The van der Waals surface area contributed by atoms with Gasteiger partial charge in [-0.15, -0.1) is 0 Å². The summed E-state index contributed by atoms with van der Waals surface area (Å²) < 4.78 is 33.2. The van der Waals surface area contributed by atoms with Gasteiger partial charge in [0.15, 0.2) is 0 Å². The third kappa shape index (κ3) is 3.45. The Morgan fingerprint density at radius 2 is 1.86 bits per heavy atom. The summed E-state index contributed by atoms with van der Waals surface area (Å²) in [6.45, 7) is 5.32. The summed E-state index contributed by atoms with van der Waals surface area (Å²) in [4.78, 5) is 4.31. The number of aryl methyl sites for hydroxylation is 2. The van der Waals surface area contributed by atoms with E-state index in [-0.39, 0.29) is 6.04 Å². The number of sulfonamides is 1.